The van der Waals surface area contributed by atoms with E-state index in [9.17, 15) is 5.11 Å². The van der Waals surface area contributed by atoms with Crippen LogP contribution in [0.2, 0.25) is 0 Å². The van der Waals surface area contributed by atoms with Gasteiger partial charge in [-0.25, -0.2) is 0 Å². The summed E-state index contributed by atoms with van der Waals surface area (Å²) in [7, 11) is -0.497. The van der Waals surface area contributed by atoms with E-state index in [-0.39, 0.29) is 17.0 Å². The van der Waals surface area contributed by atoms with Gasteiger partial charge in [0, 0.05) is 5.46 Å². The first-order valence-corrected chi connectivity index (χ1v) is 8.96. The SMILES string of the molecule is CC1(C)OB(c2ccc(CC3CCCCC3)cc2O)OC1(C)C. The van der Waals surface area contributed by atoms with Crippen LogP contribution in [0.3, 0.4) is 0 Å². The summed E-state index contributed by atoms with van der Waals surface area (Å²) in [5.41, 5.74) is 1.18. The zero-order valence-electron chi connectivity index (χ0n) is 14.9. The van der Waals surface area contributed by atoms with Crippen molar-refractivity contribution in [3.63, 3.8) is 0 Å². The van der Waals surface area contributed by atoms with Crippen LogP contribution < -0.4 is 5.46 Å². The van der Waals surface area contributed by atoms with Crippen molar-refractivity contribution in [2.45, 2.75) is 77.4 Å². The van der Waals surface area contributed by atoms with Crippen molar-refractivity contribution < 1.29 is 14.4 Å². The van der Waals surface area contributed by atoms with Crippen molar-refractivity contribution >= 4 is 12.6 Å². The van der Waals surface area contributed by atoms with Crippen molar-refractivity contribution in [3.05, 3.63) is 23.8 Å². The lowest BCUT2D eigenvalue weighted by Crippen LogP contribution is -2.41. The van der Waals surface area contributed by atoms with E-state index in [0.29, 0.717) is 0 Å². The third-order valence-corrected chi connectivity index (χ3v) is 5.85. The quantitative estimate of drug-likeness (QED) is 0.862. The van der Waals surface area contributed by atoms with Gasteiger partial charge in [0.05, 0.1) is 11.2 Å². The molecule has 1 saturated heterocycles. The van der Waals surface area contributed by atoms with Crippen LogP contribution >= 0.6 is 0 Å². The minimum Gasteiger partial charge on any atom is -0.508 e. The number of phenols is 1. The first-order chi connectivity index (χ1) is 10.8. The van der Waals surface area contributed by atoms with Gasteiger partial charge < -0.3 is 14.4 Å². The summed E-state index contributed by atoms with van der Waals surface area (Å²) < 4.78 is 12.1. The van der Waals surface area contributed by atoms with Gasteiger partial charge in [0.15, 0.2) is 0 Å². The topological polar surface area (TPSA) is 38.7 Å². The lowest BCUT2D eigenvalue weighted by atomic mass is 9.77. The smallest absolute Gasteiger partial charge is 0.498 e. The zero-order valence-corrected chi connectivity index (χ0v) is 14.9. The van der Waals surface area contributed by atoms with Crippen LogP contribution in [0.4, 0.5) is 0 Å². The summed E-state index contributed by atoms with van der Waals surface area (Å²) in [5.74, 6) is 1.06. The molecule has 1 N–H and O–H groups in total. The van der Waals surface area contributed by atoms with Crippen LogP contribution in [0.5, 0.6) is 5.75 Å². The number of hydrogen-bond donors (Lipinski definition) is 1. The lowest BCUT2D eigenvalue weighted by Gasteiger charge is -2.32. The highest BCUT2D eigenvalue weighted by molar-refractivity contribution is 6.63. The predicted molar refractivity (Wildman–Crippen MR) is 94.1 cm³/mol. The molecular weight excluding hydrogens is 287 g/mol. The van der Waals surface area contributed by atoms with Gasteiger partial charge in [0.1, 0.15) is 5.75 Å². The standard InChI is InChI=1S/C19H29BO3/c1-18(2)19(3,4)23-20(22-18)16-11-10-15(13-17(16)21)12-14-8-6-5-7-9-14/h10-11,13-14,21H,5-9,12H2,1-4H3. The maximum Gasteiger partial charge on any atom is 0.498 e. The molecule has 1 aromatic rings. The van der Waals surface area contributed by atoms with Gasteiger partial charge in [-0.05, 0) is 51.7 Å². The Hall–Kier alpha value is -0.995. The third-order valence-electron chi connectivity index (χ3n) is 5.85. The van der Waals surface area contributed by atoms with Gasteiger partial charge in [-0.15, -0.1) is 0 Å². The minimum absolute atomic E-state index is 0.289. The Morgan fingerprint density at radius 3 is 2.22 bits per heavy atom. The molecule has 1 heterocycles. The second-order valence-corrected chi connectivity index (χ2v) is 8.19. The highest BCUT2D eigenvalue weighted by atomic mass is 16.7. The van der Waals surface area contributed by atoms with Crippen LogP contribution in [0.25, 0.3) is 0 Å². The van der Waals surface area contributed by atoms with Crippen LogP contribution in [-0.2, 0) is 15.7 Å². The van der Waals surface area contributed by atoms with Crippen molar-refractivity contribution in [2.75, 3.05) is 0 Å². The molecule has 0 unspecified atom stereocenters. The predicted octanol–water partition coefficient (Wildman–Crippen LogP) is 3.81. The first-order valence-electron chi connectivity index (χ1n) is 8.96. The van der Waals surface area contributed by atoms with Crippen molar-refractivity contribution in [2.24, 2.45) is 5.92 Å². The Morgan fingerprint density at radius 1 is 1.04 bits per heavy atom. The molecule has 1 aromatic carbocycles. The summed E-state index contributed by atoms with van der Waals surface area (Å²) in [5, 5.41) is 10.5. The van der Waals surface area contributed by atoms with E-state index < -0.39 is 7.12 Å². The van der Waals surface area contributed by atoms with Crippen molar-refractivity contribution in [1.82, 2.24) is 0 Å². The van der Waals surface area contributed by atoms with Crippen LogP contribution in [-0.4, -0.2) is 23.4 Å². The zero-order chi connectivity index (χ0) is 16.7. The fourth-order valence-corrected chi connectivity index (χ4v) is 3.61. The average molecular weight is 316 g/mol. The fraction of sp³-hybridized carbons (Fsp3) is 0.684. The van der Waals surface area contributed by atoms with Crippen LogP contribution in [0.15, 0.2) is 18.2 Å². The Balaban J connectivity index is 1.72. The molecule has 0 spiro atoms. The second kappa shape index (κ2) is 6.14. The minimum atomic E-state index is -0.497. The Bertz CT molecular complexity index is 546. The molecule has 2 fully saturated rings. The van der Waals surface area contributed by atoms with Crippen molar-refractivity contribution in [1.29, 1.82) is 0 Å². The molecule has 0 amide bonds. The first kappa shape index (κ1) is 16.8. The summed E-state index contributed by atoms with van der Waals surface area (Å²) in [4.78, 5) is 0. The molecule has 23 heavy (non-hydrogen) atoms. The number of phenolic OH excluding ortho intramolecular Hbond substituents is 1. The van der Waals surface area contributed by atoms with E-state index in [1.54, 1.807) is 0 Å². The van der Waals surface area contributed by atoms with Crippen molar-refractivity contribution in [3.8, 4) is 5.75 Å². The summed E-state index contributed by atoms with van der Waals surface area (Å²) >= 11 is 0. The van der Waals surface area contributed by atoms with Crippen LogP contribution in [0, 0.1) is 5.92 Å². The van der Waals surface area contributed by atoms with E-state index in [4.69, 9.17) is 9.31 Å². The van der Waals surface area contributed by atoms with Gasteiger partial charge >= 0.3 is 7.12 Å². The molecular formula is C19H29BO3. The van der Waals surface area contributed by atoms with E-state index in [0.717, 1.165) is 17.8 Å². The number of hydrogen-bond acceptors (Lipinski definition) is 3. The maximum atomic E-state index is 10.5. The highest BCUT2D eigenvalue weighted by Crippen LogP contribution is 2.37. The summed E-state index contributed by atoms with van der Waals surface area (Å²) in [6.45, 7) is 8.12. The fourth-order valence-electron chi connectivity index (χ4n) is 3.61. The van der Waals surface area contributed by atoms with Gasteiger partial charge in [-0.3, -0.25) is 0 Å². The Morgan fingerprint density at radius 2 is 1.65 bits per heavy atom. The third kappa shape index (κ3) is 3.43. The lowest BCUT2D eigenvalue weighted by molar-refractivity contribution is 0.00578. The van der Waals surface area contributed by atoms with Crippen LogP contribution in [0.1, 0.15) is 65.4 Å². The van der Waals surface area contributed by atoms with E-state index in [2.05, 4.69) is 6.07 Å². The molecule has 126 valence electrons. The van der Waals surface area contributed by atoms with E-state index in [1.807, 2.05) is 39.8 Å². The molecule has 0 bridgehead atoms. The monoisotopic (exact) mass is 316 g/mol. The maximum absolute atomic E-state index is 10.5. The Labute approximate surface area is 140 Å². The summed E-state index contributed by atoms with van der Waals surface area (Å²) in [6.07, 6.45) is 7.78. The molecule has 3 rings (SSSR count). The molecule has 0 atom stereocenters. The number of aromatic hydroxyl groups is 1. The number of benzene rings is 1. The van der Waals surface area contributed by atoms with Gasteiger partial charge in [0.25, 0.3) is 0 Å². The molecule has 0 aromatic heterocycles. The highest BCUT2D eigenvalue weighted by Gasteiger charge is 2.52. The molecule has 4 heteroatoms. The Kier molecular flexibility index (Phi) is 4.50. The van der Waals surface area contributed by atoms with Gasteiger partial charge in [-0.2, -0.15) is 0 Å². The molecule has 1 aliphatic carbocycles. The molecule has 2 aliphatic rings. The number of rotatable bonds is 3. The second-order valence-electron chi connectivity index (χ2n) is 8.19. The molecule has 3 nitrogen and oxygen atoms in total. The summed E-state index contributed by atoms with van der Waals surface area (Å²) in [6, 6.07) is 5.99. The molecule has 1 aliphatic heterocycles. The van der Waals surface area contributed by atoms with E-state index in [1.165, 1.54) is 37.7 Å². The van der Waals surface area contributed by atoms with Gasteiger partial charge in [-0.1, -0.05) is 44.2 Å². The normalized spacial score (nSPS) is 24.1. The molecule has 0 radical (unpaired) electrons. The largest absolute Gasteiger partial charge is 0.508 e. The molecule has 1 saturated carbocycles. The van der Waals surface area contributed by atoms with E-state index >= 15 is 0 Å². The average Bonchev–Trinajstić information content (AvgIpc) is 2.68. The van der Waals surface area contributed by atoms with Gasteiger partial charge in [0.2, 0.25) is 0 Å².